The summed E-state index contributed by atoms with van der Waals surface area (Å²) in [6, 6.07) is 0. The van der Waals surface area contributed by atoms with Gasteiger partial charge in [0.1, 0.15) is 18.0 Å². The smallest absolute Gasteiger partial charge is 0.438 e. The molecule has 0 unspecified atom stereocenters. The predicted molar refractivity (Wildman–Crippen MR) is 117 cm³/mol. The predicted octanol–water partition coefficient (Wildman–Crippen LogP) is 4.04. The number of ketones is 1. The Morgan fingerprint density at radius 2 is 1.64 bits per heavy atom. The van der Waals surface area contributed by atoms with Crippen molar-refractivity contribution < 1.29 is 38.4 Å². The molecule has 0 radical (unpaired) electrons. The molecule has 0 aromatic heterocycles. The third-order valence-corrected chi connectivity index (χ3v) is 9.64. The lowest BCUT2D eigenvalue weighted by Gasteiger charge is -2.63. The summed E-state index contributed by atoms with van der Waals surface area (Å²) in [5.41, 5.74) is -2.20. The van der Waals surface area contributed by atoms with E-state index in [4.69, 9.17) is 14.2 Å². The summed E-state index contributed by atoms with van der Waals surface area (Å²) in [4.78, 5) is 36.3. The van der Waals surface area contributed by atoms with E-state index in [0.29, 0.717) is 5.92 Å². The van der Waals surface area contributed by atoms with Crippen LogP contribution < -0.4 is 0 Å². The highest BCUT2D eigenvalue weighted by molar-refractivity contribution is 5.79. The maximum Gasteiger partial charge on any atom is 0.508 e. The van der Waals surface area contributed by atoms with Crippen molar-refractivity contribution in [3.8, 4) is 0 Å². The van der Waals surface area contributed by atoms with E-state index < -0.39 is 35.5 Å². The Morgan fingerprint density at radius 1 is 0.970 bits per heavy atom. The van der Waals surface area contributed by atoms with Gasteiger partial charge < -0.3 is 24.1 Å². The van der Waals surface area contributed by atoms with Crippen molar-refractivity contribution in [2.24, 2.45) is 34.5 Å². The molecule has 0 spiro atoms. The first-order valence-electron chi connectivity index (χ1n) is 11.9. The van der Waals surface area contributed by atoms with Gasteiger partial charge in [0.2, 0.25) is 0 Å². The molecule has 0 aromatic rings. The molecule has 0 heterocycles. The monoisotopic (exact) mass is 464 g/mol. The fourth-order valence-electron chi connectivity index (χ4n) is 7.93. The van der Waals surface area contributed by atoms with Crippen LogP contribution in [-0.2, 0) is 23.7 Å². The number of carbonyl (C=O) groups excluding carboxylic acids is 3. The fraction of sp³-hybridized carbons (Fsp3) is 0.800. The van der Waals surface area contributed by atoms with Crippen LogP contribution in [0.5, 0.6) is 0 Å². The van der Waals surface area contributed by atoms with Gasteiger partial charge in [0.05, 0.1) is 19.8 Å². The molecule has 0 amide bonds. The first-order valence-corrected chi connectivity index (χ1v) is 11.9. The highest BCUT2D eigenvalue weighted by atomic mass is 16.7. The lowest BCUT2D eigenvalue weighted by atomic mass is 9.44. The summed E-state index contributed by atoms with van der Waals surface area (Å²) in [7, 11) is 2.48. The molecule has 0 aliphatic heterocycles. The highest BCUT2D eigenvalue weighted by Crippen LogP contribution is 2.67. The van der Waals surface area contributed by atoms with Gasteiger partial charge in [-0.1, -0.05) is 26.0 Å². The van der Waals surface area contributed by atoms with Gasteiger partial charge in [-0.05, 0) is 55.8 Å². The largest absolute Gasteiger partial charge is 0.508 e. The molecule has 9 atom stereocenters. The first kappa shape index (κ1) is 24.0. The highest BCUT2D eigenvalue weighted by Gasteiger charge is 2.67. The maximum atomic E-state index is 12.4. The van der Waals surface area contributed by atoms with Gasteiger partial charge >= 0.3 is 12.3 Å². The van der Waals surface area contributed by atoms with Crippen molar-refractivity contribution in [3.05, 3.63) is 12.2 Å². The van der Waals surface area contributed by atoms with E-state index in [1.165, 1.54) is 14.2 Å². The van der Waals surface area contributed by atoms with E-state index >= 15 is 0 Å². The molecule has 1 N–H and O–H groups in total. The molecule has 0 aromatic carbocycles. The number of allylic oxidation sites excluding steroid dienone is 1. The van der Waals surface area contributed by atoms with Crippen LogP contribution in [0, 0.1) is 34.5 Å². The molecule has 3 fully saturated rings. The van der Waals surface area contributed by atoms with Crippen molar-refractivity contribution in [3.63, 3.8) is 0 Å². The van der Waals surface area contributed by atoms with Gasteiger partial charge in [0, 0.05) is 24.2 Å². The molecule has 8 nitrogen and oxygen atoms in total. The molecule has 4 aliphatic rings. The van der Waals surface area contributed by atoms with E-state index in [9.17, 15) is 19.5 Å². The normalized spacial score (nSPS) is 45.8. The zero-order valence-electron chi connectivity index (χ0n) is 20.2. The minimum absolute atomic E-state index is 0.0463. The van der Waals surface area contributed by atoms with Crippen LogP contribution in [0.1, 0.15) is 59.3 Å². The van der Waals surface area contributed by atoms with Gasteiger partial charge in [-0.15, -0.1) is 0 Å². The van der Waals surface area contributed by atoms with Crippen LogP contribution in [0.25, 0.3) is 0 Å². The van der Waals surface area contributed by atoms with Gasteiger partial charge in [-0.2, -0.15) is 0 Å². The van der Waals surface area contributed by atoms with E-state index in [2.05, 4.69) is 17.7 Å². The molecule has 4 rings (SSSR count). The molecule has 4 aliphatic carbocycles. The average Bonchev–Trinajstić information content (AvgIpc) is 3.12. The summed E-state index contributed by atoms with van der Waals surface area (Å²) in [6.07, 6.45) is 4.87. The molecule has 0 bridgehead atoms. The lowest BCUT2D eigenvalue weighted by molar-refractivity contribution is -0.220. The lowest BCUT2D eigenvalue weighted by Crippen LogP contribution is -2.67. The Hall–Kier alpha value is -2.09. The van der Waals surface area contributed by atoms with Gasteiger partial charge in [-0.3, -0.25) is 4.79 Å². The van der Waals surface area contributed by atoms with Crippen LogP contribution in [0.2, 0.25) is 0 Å². The SMILES string of the molecule is COC(=O)O[C@H]1C[C@H](OC(=O)OC)[C@]2(C)[C@H]3CC[C@]4(C)[C@@H](C(C)=O)CC[C@H]4[C@@H]3C=C[C@@]2(O)C1. The Bertz CT molecular complexity index is 853. The van der Waals surface area contributed by atoms with Crippen LogP contribution in [0.4, 0.5) is 9.59 Å². The molecule has 3 saturated carbocycles. The third-order valence-electron chi connectivity index (χ3n) is 9.64. The summed E-state index contributed by atoms with van der Waals surface area (Å²) >= 11 is 0. The van der Waals surface area contributed by atoms with E-state index in [1.807, 2.05) is 13.0 Å². The second-order valence-electron chi connectivity index (χ2n) is 10.8. The quantitative estimate of drug-likeness (QED) is 0.492. The molecule has 33 heavy (non-hydrogen) atoms. The zero-order chi connectivity index (χ0) is 24.2. The van der Waals surface area contributed by atoms with Crippen molar-refractivity contribution in [2.75, 3.05) is 14.2 Å². The average molecular weight is 465 g/mol. The van der Waals surface area contributed by atoms with E-state index in [0.717, 1.165) is 25.7 Å². The van der Waals surface area contributed by atoms with Crippen LogP contribution >= 0.6 is 0 Å². The number of aliphatic hydroxyl groups is 1. The summed E-state index contributed by atoms with van der Waals surface area (Å²) in [5.74, 6) is 0.862. The second-order valence-corrected chi connectivity index (χ2v) is 10.8. The number of hydrogen-bond acceptors (Lipinski definition) is 8. The minimum Gasteiger partial charge on any atom is -0.438 e. The van der Waals surface area contributed by atoms with Crippen molar-refractivity contribution in [1.82, 2.24) is 0 Å². The van der Waals surface area contributed by atoms with Gasteiger partial charge in [-0.25, -0.2) is 9.59 Å². The number of methoxy groups -OCH3 is 2. The number of rotatable bonds is 3. The van der Waals surface area contributed by atoms with Gasteiger partial charge in [0.25, 0.3) is 0 Å². The summed E-state index contributed by atoms with van der Waals surface area (Å²) in [6.45, 7) is 5.92. The van der Waals surface area contributed by atoms with Crippen LogP contribution in [0.15, 0.2) is 12.2 Å². The summed E-state index contributed by atoms with van der Waals surface area (Å²) < 4.78 is 20.5. The zero-order valence-corrected chi connectivity index (χ0v) is 20.2. The number of carbonyl (C=O) groups is 3. The standard InChI is InChI=1S/C25H36O8/c1-14(26)17-6-7-18-16-8-11-25(29)13-15(32-21(27)30-4)12-20(33-22(28)31-5)24(25,3)19(16)9-10-23(17,18)2/h8,11,15-20,29H,6-7,9-10,12-13H2,1-5H3/t15-,16-,17+,18-,19-,20-,23+,24-,25+/m0/s1. The molecule has 0 saturated heterocycles. The fourth-order valence-corrected chi connectivity index (χ4v) is 7.93. The number of hydrogen-bond donors (Lipinski definition) is 1. The maximum absolute atomic E-state index is 12.4. The number of ether oxygens (including phenoxy) is 4. The number of fused-ring (bicyclic) bond motifs is 5. The van der Waals surface area contributed by atoms with Crippen molar-refractivity contribution in [1.29, 1.82) is 0 Å². The molecular weight excluding hydrogens is 428 g/mol. The van der Waals surface area contributed by atoms with E-state index in [-0.39, 0.29) is 41.8 Å². The number of Topliss-reactive ketones (excluding diaryl/α,β-unsaturated/α-hetero) is 1. The minimum atomic E-state index is -1.34. The van der Waals surface area contributed by atoms with Crippen molar-refractivity contribution >= 4 is 18.1 Å². The van der Waals surface area contributed by atoms with E-state index in [1.54, 1.807) is 6.92 Å². The van der Waals surface area contributed by atoms with Gasteiger partial charge in [0.15, 0.2) is 0 Å². The Balaban J connectivity index is 1.72. The molecule has 184 valence electrons. The van der Waals surface area contributed by atoms with Crippen LogP contribution in [0.3, 0.4) is 0 Å². The topological polar surface area (TPSA) is 108 Å². The second kappa shape index (κ2) is 8.29. The first-order chi connectivity index (χ1) is 15.5. The summed E-state index contributed by atoms with van der Waals surface area (Å²) in [5, 5.41) is 11.9. The Kier molecular flexibility index (Phi) is 6.04. The molecular formula is C25H36O8. The molecule has 8 heteroatoms. The Morgan fingerprint density at radius 3 is 2.27 bits per heavy atom. The third kappa shape index (κ3) is 3.56. The van der Waals surface area contributed by atoms with Crippen molar-refractivity contribution in [2.45, 2.75) is 77.1 Å². The Labute approximate surface area is 195 Å². The van der Waals surface area contributed by atoms with Crippen LogP contribution in [-0.4, -0.2) is 55.2 Å².